The van der Waals surface area contributed by atoms with Crippen molar-refractivity contribution in [1.29, 1.82) is 0 Å². The molecule has 1 N–H and O–H groups in total. The van der Waals surface area contributed by atoms with E-state index in [2.05, 4.69) is 15.5 Å². The highest BCUT2D eigenvalue weighted by molar-refractivity contribution is 8.01. The summed E-state index contributed by atoms with van der Waals surface area (Å²) in [5, 5.41) is 11.9. The van der Waals surface area contributed by atoms with Crippen LogP contribution in [0, 0.1) is 11.2 Å². The number of rotatable bonds is 6. The third-order valence-corrected chi connectivity index (χ3v) is 4.94. The molecule has 2 aromatic rings. The predicted molar refractivity (Wildman–Crippen MR) is 88.8 cm³/mol. The number of thioether (sulfide) groups is 1. The molecular formula is C15H18FN3OS2. The van der Waals surface area contributed by atoms with Gasteiger partial charge in [0.15, 0.2) is 4.34 Å². The van der Waals surface area contributed by atoms with Crippen LogP contribution < -0.4 is 5.32 Å². The van der Waals surface area contributed by atoms with Gasteiger partial charge in [0, 0.05) is 12.0 Å². The molecule has 22 heavy (non-hydrogen) atoms. The Morgan fingerprint density at radius 1 is 1.27 bits per heavy atom. The van der Waals surface area contributed by atoms with Gasteiger partial charge in [-0.3, -0.25) is 4.79 Å². The smallest absolute Gasteiger partial charge is 0.206 e. The number of aromatic nitrogens is 2. The average molecular weight is 339 g/mol. The zero-order chi connectivity index (χ0) is 16.2. The number of carbonyl (C=O) groups is 1. The number of carbonyl (C=O) groups excluding carboxylic acids is 1. The maximum Gasteiger partial charge on any atom is 0.206 e. The summed E-state index contributed by atoms with van der Waals surface area (Å²) in [6.07, 6.45) is 0. The van der Waals surface area contributed by atoms with E-state index in [-0.39, 0.29) is 17.0 Å². The van der Waals surface area contributed by atoms with Gasteiger partial charge >= 0.3 is 0 Å². The minimum Gasteiger partial charge on any atom is -0.356 e. The van der Waals surface area contributed by atoms with E-state index in [4.69, 9.17) is 0 Å². The molecule has 0 unspecified atom stereocenters. The van der Waals surface area contributed by atoms with Gasteiger partial charge in [-0.2, -0.15) is 0 Å². The van der Waals surface area contributed by atoms with Crippen molar-refractivity contribution in [1.82, 2.24) is 10.2 Å². The second kappa shape index (κ2) is 7.19. The Kier molecular flexibility index (Phi) is 5.52. The van der Waals surface area contributed by atoms with E-state index in [1.54, 1.807) is 12.1 Å². The second-order valence-corrected chi connectivity index (χ2v) is 8.01. The van der Waals surface area contributed by atoms with Crippen LogP contribution in [-0.4, -0.2) is 21.7 Å². The fourth-order valence-corrected chi connectivity index (χ4v) is 3.37. The van der Waals surface area contributed by atoms with E-state index in [0.29, 0.717) is 17.4 Å². The quantitative estimate of drug-likeness (QED) is 0.806. The molecule has 4 nitrogen and oxygen atoms in total. The summed E-state index contributed by atoms with van der Waals surface area (Å²) in [7, 11) is 0. The third kappa shape index (κ3) is 5.06. The molecule has 1 aromatic carbocycles. The van der Waals surface area contributed by atoms with Crippen molar-refractivity contribution in [2.45, 2.75) is 31.7 Å². The van der Waals surface area contributed by atoms with Gasteiger partial charge in [-0.15, -0.1) is 10.2 Å². The Morgan fingerprint density at radius 2 is 1.95 bits per heavy atom. The number of nitrogens with one attached hydrogen (secondary N) is 1. The van der Waals surface area contributed by atoms with Crippen molar-refractivity contribution in [2.75, 3.05) is 11.1 Å². The fourth-order valence-electron chi connectivity index (χ4n) is 1.46. The molecule has 0 aliphatic carbocycles. The maximum absolute atomic E-state index is 12.8. The molecule has 0 aliphatic rings. The molecule has 0 atom stereocenters. The molecule has 0 saturated heterocycles. The summed E-state index contributed by atoms with van der Waals surface area (Å²) in [5.41, 5.74) is 0.634. The Morgan fingerprint density at radius 3 is 2.59 bits per heavy atom. The molecule has 1 heterocycles. The zero-order valence-corrected chi connectivity index (χ0v) is 14.4. The fraction of sp³-hybridized carbons (Fsp3) is 0.400. The van der Waals surface area contributed by atoms with E-state index in [9.17, 15) is 9.18 Å². The van der Waals surface area contributed by atoms with Crippen LogP contribution in [0.2, 0.25) is 0 Å². The van der Waals surface area contributed by atoms with Gasteiger partial charge in [0.05, 0.1) is 5.75 Å². The first-order chi connectivity index (χ1) is 10.3. The normalized spacial score (nSPS) is 11.5. The molecule has 0 bridgehead atoms. The zero-order valence-electron chi connectivity index (χ0n) is 12.7. The van der Waals surface area contributed by atoms with Gasteiger partial charge in [0.25, 0.3) is 0 Å². The van der Waals surface area contributed by atoms with Crippen molar-refractivity contribution >= 4 is 34.0 Å². The van der Waals surface area contributed by atoms with Crippen molar-refractivity contribution < 1.29 is 9.18 Å². The molecule has 0 spiro atoms. The number of hydrogen-bond acceptors (Lipinski definition) is 6. The topological polar surface area (TPSA) is 54.9 Å². The molecule has 0 radical (unpaired) electrons. The van der Waals surface area contributed by atoms with Crippen LogP contribution in [-0.2, 0) is 11.3 Å². The lowest BCUT2D eigenvalue weighted by molar-refractivity contribution is -0.123. The lowest BCUT2D eigenvalue weighted by Crippen LogP contribution is -2.21. The van der Waals surface area contributed by atoms with Crippen LogP contribution in [0.25, 0.3) is 0 Å². The standard InChI is InChI=1S/C15H18FN3OS2/c1-15(2,3)12(20)9-21-14-19-18-13(22-14)17-8-10-4-6-11(16)7-5-10/h4-7H,8-9H2,1-3H3,(H,17,18). The van der Waals surface area contributed by atoms with Gasteiger partial charge in [-0.1, -0.05) is 56.0 Å². The summed E-state index contributed by atoms with van der Waals surface area (Å²) in [6, 6.07) is 6.30. The molecular weight excluding hydrogens is 321 g/mol. The van der Waals surface area contributed by atoms with E-state index >= 15 is 0 Å². The lowest BCUT2D eigenvalue weighted by atomic mass is 9.92. The Balaban J connectivity index is 1.84. The Labute approximate surface area is 137 Å². The van der Waals surface area contributed by atoms with Crippen molar-refractivity contribution in [3.63, 3.8) is 0 Å². The van der Waals surface area contributed by atoms with E-state index in [1.807, 2.05) is 20.8 Å². The van der Waals surface area contributed by atoms with Crippen molar-refractivity contribution in [3.05, 3.63) is 35.6 Å². The second-order valence-electron chi connectivity index (χ2n) is 5.81. The van der Waals surface area contributed by atoms with Crippen LogP contribution in [0.4, 0.5) is 9.52 Å². The minimum absolute atomic E-state index is 0.188. The van der Waals surface area contributed by atoms with Crippen LogP contribution in [0.5, 0.6) is 0 Å². The predicted octanol–water partition coefficient (Wildman–Crippen LogP) is 4.00. The average Bonchev–Trinajstić information content (AvgIpc) is 2.91. The van der Waals surface area contributed by atoms with Gasteiger partial charge in [0.2, 0.25) is 5.13 Å². The number of ketones is 1. The summed E-state index contributed by atoms with van der Waals surface area (Å²) in [5.74, 6) is 0.339. The Bertz CT molecular complexity index is 635. The molecule has 7 heteroatoms. The highest BCUT2D eigenvalue weighted by atomic mass is 32.2. The third-order valence-electron chi connectivity index (χ3n) is 2.93. The summed E-state index contributed by atoms with van der Waals surface area (Å²) < 4.78 is 13.6. The van der Waals surface area contributed by atoms with Crippen molar-refractivity contribution in [3.8, 4) is 0 Å². The molecule has 1 aromatic heterocycles. The number of hydrogen-bond donors (Lipinski definition) is 1. The molecule has 0 aliphatic heterocycles. The van der Waals surface area contributed by atoms with Crippen LogP contribution in [0.15, 0.2) is 28.6 Å². The number of benzene rings is 1. The van der Waals surface area contributed by atoms with Crippen LogP contribution in [0.1, 0.15) is 26.3 Å². The number of Topliss-reactive ketones (excluding diaryl/α,β-unsaturated/α-hetero) is 1. The highest BCUT2D eigenvalue weighted by Gasteiger charge is 2.21. The first-order valence-electron chi connectivity index (χ1n) is 6.82. The van der Waals surface area contributed by atoms with E-state index in [0.717, 1.165) is 9.90 Å². The largest absolute Gasteiger partial charge is 0.356 e. The lowest BCUT2D eigenvalue weighted by Gasteiger charge is -2.15. The van der Waals surface area contributed by atoms with Gasteiger partial charge < -0.3 is 5.32 Å². The molecule has 0 fully saturated rings. The van der Waals surface area contributed by atoms with E-state index < -0.39 is 0 Å². The summed E-state index contributed by atoms with van der Waals surface area (Å²) in [4.78, 5) is 11.9. The van der Waals surface area contributed by atoms with Gasteiger partial charge in [-0.25, -0.2) is 4.39 Å². The molecule has 2 rings (SSSR count). The minimum atomic E-state index is -0.332. The van der Waals surface area contributed by atoms with Gasteiger partial charge in [0.1, 0.15) is 11.6 Å². The van der Waals surface area contributed by atoms with E-state index in [1.165, 1.54) is 35.2 Å². The monoisotopic (exact) mass is 339 g/mol. The molecule has 0 amide bonds. The Hall–Kier alpha value is -1.47. The first kappa shape index (κ1) is 16.9. The number of halogens is 1. The van der Waals surface area contributed by atoms with Crippen molar-refractivity contribution in [2.24, 2.45) is 5.41 Å². The molecule has 0 saturated carbocycles. The SMILES string of the molecule is CC(C)(C)C(=O)CSc1nnc(NCc2ccc(F)cc2)s1. The molecule has 118 valence electrons. The summed E-state index contributed by atoms with van der Waals surface area (Å²) in [6.45, 7) is 6.28. The first-order valence-corrected chi connectivity index (χ1v) is 8.63. The van der Waals surface area contributed by atoms with Crippen LogP contribution >= 0.6 is 23.1 Å². The number of nitrogens with zero attached hydrogens (tertiary/aromatic N) is 2. The van der Waals surface area contributed by atoms with Gasteiger partial charge in [-0.05, 0) is 17.7 Å². The number of anilines is 1. The van der Waals surface area contributed by atoms with Crippen LogP contribution in [0.3, 0.4) is 0 Å². The highest BCUT2D eigenvalue weighted by Crippen LogP contribution is 2.28. The maximum atomic E-state index is 12.8. The summed E-state index contributed by atoms with van der Waals surface area (Å²) >= 11 is 2.82.